The Morgan fingerprint density at radius 2 is 1.66 bits per heavy atom. The van der Waals surface area contributed by atoms with Gasteiger partial charge >= 0.3 is 0 Å². The number of benzene rings is 3. The van der Waals surface area contributed by atoms with Crippen LogP contribution < -0.4 is 4.72 Å². The lowest BCUT2D eigenvalue weighted by atomic mass is 10.1. The van der Waals surface area contributed by atoms with Crippen molar-refractivity contribution in [2.75, 3.05) is 30.9 Å². The molecule has 5 rings (SSSR count). The van der Waals surface area contributed by atoms with E-state index in [-0.39, 0.29) is 5.91 Å². The number of halogens is 2. The summed E-state index contributed by atoms with van der Waals surface area (Å²) in [6.45, 7) is 2.63. The molecule has 0 saturated carbocycles. The molecule has 1 aromatic heterocycles. The van der Waals surface area contributed by atoms with Gasteiger partial charge in [-0.2, -0.15) is 0 Å². The van der Waals surface area contributed by atoms with Crippen molar-refractivity contribution in [1.29, 1.82) is 0 Å². The lowest BCUT2D eigenvalue weighted by molar-refractivity contribution is 0.0627. The van der Waals surface area contributed by atoms with E-state index in [2.05, 4.69) is 9.71 Å². The van der Waals surface area contributed by atoms with Crippen LogP contribution in [-0.4, -0.2) is 46.9 Å². The third kappa shape index (κ3) is 5.28. The quantitative estimate of drug-likeness (QED) is 0.357. The molecule has 1 aliphatic rings. The molecular formula is C27H24F2N4OS. The number of fused-ring (bicyclic) bond motifs is 1. The maximum Gasteiger partial charge on any atom is 0.253 e. The van der Waals surface area contributed by atoms with Crippen LogP contribution >= 0.6 is 11.9 Å². The minimum Gasteiger partial charge on any atom is -0.336 e. The normalized spacial score (nSPS) is 14.3. The van der Waals surface area contributed by atoms with Gasteiger partial charge in [-0.25, -0.2) is 8.78 Å². The fraction of sp³-hybridized carbons (Fsp3) is 0.185. The number of amides is 1. The van der Waals surface area contributed by atoms with E-state index in [1.807, 2.05) is 59.5 Å². The van der Waals surface area contributed by atoms with Crippen molar-refractivity contribution in [2.45, 2.75) is 11.4 Å². The van der Waals surface area contributed by atoms with E-state index >= 15 is 0 Å². The summed E-state index contributed by atoms with van der Waals surface area (Å²) in [7, 11) is 0. The van der Waals surface area contributed by atoms with Gasteiger partial charge in [-0.15, -0.1) is 0 Å². The second-order valence-corrected chi connectivity index (χ2v) is 9.24. The van der Waals surface area contributed by atoms with Crippen molar-refractivity contribution in [3.8, 4) is 0 Å². The number of hydrogen-bond donors (Lipinski definition) is 1. The average Bonchev–Trinajstić information content (AvgIpc) is 2.90. The highest BCUT2D eigenvalue weighted by Crippen LogP contribution is 2.27. The third-order valence-corrected chi connectivity index (χ3v) is 6.98. The fourth-order valence-corrected chi connectivity index (χ4v) is 4.93. The number of anilines is 1. The van der Waals surface area contributed by atoms with Crippen LogP contribution in [0.1, 0.15) is 15.9 Å². The van der Waals surface area contributed by atoms with Crippen molar-refractivity contribution in [2.24, 2.45) is 0 Å². The van der Waals surface area contributed by atoms with Gasteiger partial charge in [0.25, 0.3) is 5.91 Å². The number of nitrogens with one attached hydrogen (secondary N) is 1. The summed E-state index contributed by atoms with van der Waals surface area (Å²) in [4.78, 5) is 22.3. The highest BCUT2D eigenvalue weighted by Gasteiger charge is 2.23. The van der Waals surface area contributed by atoms with E-state index < -0.39 is 11.6 Å². The summed E-state index contributed by atoms with van der Waals surface area (Å²) in [5.74, 6) is -1.66. The first kappa shape index (κ1) is 23.3. The fourth-order valence-electron chi connectivity index (χ4n) is 4.16. The predicted molar refractivity (Wildman–Crippen MR) is 135 cm³/mol. The van der Waals surface area contributed by atoms with E-state index in [9.17, 15) is 13.6 Å². The minimum atomic E-state index is -0.832. The topological polar surface area (TPSA) is 48.5 Å². The molecule has 1 aliphatic heterocycles. The van der Waals surface area contributed by atoms with Crippen molar-refractivity contribution in [3.63, 3.8) is 0 Å². The molecule has 5 nitrogen and oxygen atoms in total. The molecule has 8 heteroatoms. The van der Waals surface area contributed by atoms with Crippen LogP contribution in [0.3, 0.4) is 0 Å². The van der Waals surface area contributed by atoms with Crippen LogP contribution in [0.2, 0.25) is 0 Å². The summed E-state index contributed by atoms with van der Waals surface area (Å²) >= 11 is 1.48. The molecule has 3 aromatic carbocycles. The zero-order chi connectivity index (χ0) is 24.2. The smallest absolute Gasteiger partial charge is 0.253 e. The second kappa shape index (κ2) is 10.4. The molecule has 1 amide bonds. The standard InChI is InChI=1S/C27H24F2N4OS/c28-23-7-1-5-21(25(23)29)18-32-14-16-33(17-15-32)27(34)20-9-11-22(12-10-20)31-35-24-8-2-4-19-6-3-13-30-26(19)24/h1-13,31H,14-18H2. The number of nitrogens with zero attached hydrogens (tertiary/aromatic N) is 3. The van der Waals surface area contributed by atoms with Gasteiger partial charge in [-0.1, -0.05) is 30.3 Å². The molecule has 0 radical (unpaired) electrons. The summed E-state index contributed by atoms with van der Waals surface area (Å²) in [5, 5.41) is 1.08. The summed E-state index contributed by atoms with van der Waals surface area (Å²) in [6.07, 6.45) is 1.78. The number of para-hydroxylation sites is 1. The number of piperazine rings is 1. The maximum absolute atomic E-state index is 14.0. The number of carbonyl (C=O) groups is 1. The van der Waals surface area contributed by atoms with Crippen LogP contribution in [-0.2, 0) is 6.54 Å². The molecule has 35 heavy (non-hydrogen) atoms. The first-order valence-electron chi connectivity index (χ1n) is 11.4. The molecule has 1 fully saturated rings. The third-order valence-electron chi connectivity index (χ3n) is 6.09. The number of rotatable bonds is 6. The number of aromatic nitrogens is 1. The number of hydrogen-bond acceptors (Lipinski definition) is 5. The van der Waals surface area contributed by atoms with Crippen molar-refractivity contribution in [3.05, 3.63) is 102 Å². The van der Waals surface area contributed by atoms with E-state index in [1.165, 1.54) is 18.0 Å². The van der Waals surface area contributed by atoms with E-state index in [1.54, 1.807) is 17.2 Å². The van der Waals surface area contributed by atoms with Crippen LogP contribution in [0, 0.1) is 11.6 Å². The molecule has 1 N–H and O–H groups in total. The molecule has 0 aliphatic carbocycles. The largest absolute Gasteiger partial charge is 0.336 e. The molecule has 4 aromatic rings. The van der Waals surface area contributed by atoms with Crippen LogP contribution in [0.5, 0.6) is 0 Å². The van der Waals surface area contributed by atoms with Gasteiger partial charge in [0.2, 0.25) is 0 Å². The Bertz CT molecular complexity index is 1340. The Morgan fingerprint density at radius 3 is 2.46 bits per heavy atom. The highest BCUT2D eigenvalue weighted by atomic mass is 32.2. The van der Waals surface area contributed by atoms with Gasteiger partial charge in [0.1, 0.15) is 0 Å². The molecular weight excluding hydrogens is 466 g/mol. The Morgan fingerprint density at radius 1 is 0.914 bits per heavy atom. The maximum atomic E-state index is 14.0. The molecule has 1 saturated heterocycles. The van der Waals surface area contributed by atoms with Gasteiger partial charge in [0.05, 0.1) is 10.4 Å². The Balaban J connectivity index is 1.15. The molecule has 2 heterocycles. The molecule has 178 valence electrons. The van der Waals surface area contributed by atoms with Crippen LogP contribution in [0.4, 0.5) is 14.5 Å². The lowest BCUT2D eigenvalue weighted by Gasteiger charge is -2.34. The number of pyridine rings is 1. The predicted octanol–water partition coefficient (Wildman–Crippen LogP) is 5.59. The van der Waals surface area contributed by atoms with E-state index in [0.717, 1.165) is 27.6 Å². The second-order valence-electron chi connectivity index (χ2n) is 8.39. The summed E-state index contributed by atoms with van der Waals surface area (Å²) in [5.41, 5.74) is 2.79. The molecule has 0 spiro atoms. The zero-order valence-electron chi connectivity index (χ0n) is 19.0. The van der Waals surface area contributed by atoms with Gasteiger partial charge in [-0.3, -0.25) is 14.7 Å². The first-order valence-corrected chi connectivity index (χ1v) is 12.2. The van der Waals surface area contributed by atoms with Crippen molar-refractivity contribution in [1.82, 2.24) is 14.8 Å². The van der Waals surface area contributed by atoms with E-state index in [4.69, 9.17) is 0 Å². The molecule has 0 bridgehead atoms. The Hall–Kier alpha value is -3.49. The van der Waals surface area contributed by atoms with Gasteiger partial charge in [0.15, 0.2) is 11.6 Å². The monoisotopic (exact) mass is 490 g/mol. The van der Waals surface area contributed by atoms with Gasteiger partial charge in [0, 0.05) is 61.1 Å². The molecule has 0 atom stereocenters. The van der Waals surface area contributed by atoms with Crippen LogP contribution in [0.15, 0.2) is 83.9 Å². The summed E-state index contributed by atoms with van der Waals surface area (Å²) in [6, 6.07) is 21.7. The average molecular weight is 491 g/mol. The Labute approximate surface area is 206 Å². The highest BCUT2D eigenvalue weighted by molar-refractivity contribution is 8.00. The van der Waals surface area contributed by atoms with Crippen molar-refractivity contribution >= 4 is 34.4 Å². The van der Waals surface area contributed by atoms with E-state index in [0.29, 0.717) is 43.9 Å². The van der Waals surface area contributed by atoms with Gasteiger partial charge in [-0.05, 0) is 54.4 Å². The SMILES string of the molecule is O=C(c1ccc(NSc2cccc3cccnc23)cc1)N1CCN(Cc2cccc(F)c2F)CC1. The first-order chi connectivity index (χ1) is 17.1. The van der Waals surface area contributed by atoms with Gasteiger partial charge < -0.3 is 9.62 Å². The minimum absolute atomic E-state index is 0.0287. The summed E-state index contributed by atoms with van der Waals surface area (Å²) < 4.78 is 30.7. The Kier molecular flexibility index (Phi) is 6.92. The van der Waals surface area contributed by atoms with Crippen LogP contribution in [0.25, 0.3) is 10.9 Å². The lowest BCUT2D eigenvalue weighted by Crippen LogP contribution is -2.48. The van der Waals surface area contributed by atoms with Crippen molar-refractivity contribution < 1.29 is 13.6 Å². The molecule has 0 unspecified atom stereocenters. The number of carbonyl (C=O) groups excluding carboxylic acids is 1. The zero-order valence-corrected chi connectivity index (χ0v) is 19.8.